The van der Waals surface area contributed by atoms with E-state index in [1.807, 2.05) is 18.2 Å². The van der Waals surface area contributed by atoms with Gasteiger partial charge in [-0.15, -0.1) is 0 Å². The lowest BCUT2D eigenvalue weighted by atomic mass is 9.82. The van der Waals surface area contributed by atoms with Gasteiger partial charge in [0.2, 0.25) is 0 Å². The molecule has 0 saturated heterocycles. The van der Waals surface area contributed by atoms with Crippen molar-refractivity contribution in [3.05, 3.63) is 53.6 Å². The molecular formula is C15H14O. The van der Waals surface area contributed by atoms with E-state index in [0.29, 0.717) is 5.75 Å². The van der Waals surface area contributed by atoms with Crippen molar-refractivity contribution in [1.29, 1.82) is 0 Å². The zero-order valence-electron chi connectivity index (χ0n) is 9.49. The molecule has 0 radical (unpaired) electrons. The number of fused-ring (bicyclic) bond motifs is 3. The Morgan fingerprint density at radius 2 is 1.56 bits per heavy atom. The topological polar surface area (TPSA) is 20.2 Å². The summed E-state index contributed by atoms with van der Waals surface area (Å²) in [4.78, 5) is 0. The molecule has 0 bridgehead atoms. The molecule has 2 aromatic carbocycles. The number of aromatic hydroxyl groups is 1. The maximum atomic E-state index is 9.59. The van der Waals surface area contributed by atoms with Gasteiger partial charge >= 0.3 is 0 Å². The first-order valence-electron chi connectivity index (χ1n) is 5.54. The van der Waals surface area contributed by atoms with Crippen LogP contribution in [-0.4, -0.2) is 5.11 Å². The highest BCUT2D eigenvalue weighted by atomic mass is 16.3. The summed E-state index contributed by atoms with van der Waals surface area (Å²) < 4.78 is 0. The predicted molar refractivity (Wildman–Crippen MR) is 65.7 cm³/mol. The van der Waals surface area contributed by atoms with Crippen LogP contribution >= 0.6 is 0 Å². The van der Waals surface area contributed by atoms with E-state index in [-0.39, 0.29) is 5.41 Å². The van der Waals surface area contributed by atoms with Crippen LogP contribution in [0.1, 0.15) is 25.0 Å². The van der Waals surface area contributed by atoms with Crippen LogP contribution in [0.2, 0.25) is 0 Å². The molecule has 0 aliphatic heterocycles. The Kier molecular flexibility index (Phi) is 1.70. The lowest BCUT2D eigenvalue weighted by molar-refractivity contribution is 0.475. The summed E-state index contributed by atoms with van der Waals surface area (Å²) in [6.45, 7) is 4.46. The molecular weight excluding hydrogens is 196 g/mol. The summed E-state index contributed by atoms with van der Waals surface area (Å²) in [5.74, 6) is 0.339. The van der Waals surface area contributed by atoms with Gasteiger partial charge < -0.3 is 5.11 Å². The van der Waals surface area contributed by atoms with Crippen molar-refractivity contribution in [1.82, 2.24) is 0 Å². The van der Waals surface area contributed by atoms with Crippen LogP contribution in [0.5, 0.6) is 5.75 Å². The fraction of sp³-hybridized carbons (Fsp3) is 0.200. The monoisotopic (exact) mass is 210 g/mol. The zero-order chi connectivity index (χ0) is 11.3. The molecule has 0 unspecified atom stereocenters. The fourth-order valence-corrected chi connectivity index (χ4v) is 2.71. The molecule has 2 aromatic rings. The minimum absolute atomic E-state index is 0.0413. The van der Waals surface area contributed by atoms with Crippen molar-refractivity contribution in [2.24, 2.45) is 0 Å². The minimum Gasteiger partial charge on any atom is -0.508 e. The van der Waals surface area contributed by atoms with Crippen LogP contribution in [-0.2, 0) is 5.41 Å². The van der Waals surface area contributed by atoms with Crippen LogP contribution in [0.15, 0.2) is 42.5 Å². The van der Waals surface area contributed by atoms with Gasteiger partial charge in [0, 0.05) is 5.41 Å². The summed E-state index contributed by atoms with van der Waals surface area (Å²) in [5.41, 5.74) is 5.10. The predicted octanol–water partition coefficient (Wildman–Crippen LogP) is 3.70. The normalized spacial score (nSPS) is 15.6. The van der Waals surface area contributed by atoms with E-state index in [1.165, 1.54) is 22.3 Å². The Hall–Kier alpha value is -1.76. The fourth-order valence-electron chi connectivity index (χ4n) is 2.71. The molecule has 0 fully saturated rings. The number of benzene rings is 2. The molecule has 1 aliphatic carbocycles. The van der Waals surface area contributed by atoms with Crippen LogP contribution < -0.4 is 0 Å². The van der Waals surface area contributed by atoms with Crippen LogP contribution in [0.4, 0.5) is 0 Å². The summed E-state index contributed by atoms with van der Waals surface area (Å²) in [7, 11) is 0. The first kappa shape index (κ1) is 9.46. The van der Waals surface area contributed by atoms with Gasteiger partial charge in [0.1, 0.15) is 5.75 Å². The molecule has 1 nitrogen and oxygen atoms in total. The van der Waals surface area contributed by atoms with Gasteiger partial charge in [-0.05, 0) is 34.4 Å². The molecule has 0 amide bonds. The highest BCUT2D eigenvalue weighted by Gasteiger charge is 2.34. The van der Waals surface area contributed by atoms with E-state index in [0.717, 1.165) is 0 Å². The van der Waals surface area contributed by atoms with Crippen LogP contribution in [0.25, 0.3) is 11.1 Å². The molecule has 1 heteroatoms. The molecule has 0 aromatic heterocycles. The summed E-state index contributed by atoms with van der Waals surface area (Å²) >= 11 is 0. The van der Waals surface area contributed by atoms with E-state index in [4.69, 9.17) is 0 Å². The van der Waals surface area contributed by atoms with Crippen molar-refractivity contribution in [2.75, 3.05) is 0 Å². The van der Waals surface area contributed by atoms with Crippen LogP contribution in [0.3, 0.4) is 0 Å². The zero-order valence-corrected chi connectivity index (χ0v) is 9.49. The standard InChI is InChI=1S/C15H14O/c1-15(2)13-6-4-3-5-11(13)12-9-10(16)7-8-14(12)15/h3-9,16H,1-2H3. The molecule has 0 saturated carbocycles. The van der Waals surface area contributed by atoms with E-state index in [1.54, 1.807) is 6.07 Å². The Bertz CT molecular complexity index is 567. The second kappa shape index (κ2) is 2.88. The number of hydrogen-bond donors (Lipinski definition) is 1. The van der Waals surface area contributed by atoms with Gasteiger partial charge in [-0.25, -0.2) is 0 Å². The quantitative estimate of drug-likeness (QED) is 0.703. The van der Waals surface area contributed by atoms with Gasteiger partial charge in [0.05, 0.1) is 0 Å². The van der Waals surface area contributed by atoms with Gasteiger partial charge in [-0.1, -0.05) is 44.2 Å². The summed E-state index contributed by atoms with van der Waals surface area (Å²) in [6, 6.07) is 14.1. The average Bonchev–Trinajstić information content (AvgIpc) is 2.49. The molecule has 0 spiro atoms. The molecule has 1 N–H and O–H groups in total. The molecule has 80 valence electrons. The molecule has 0 atom stereocenters. The number of phenols is 1. The van der Waals surface area contributed by atoms with Gasteiger partial charge in [0.15, 0.2) is 0 Å². The minimum atomic E-state index is 0.0413. The van der Waals surface area contributed by atoms with E-state index >= 15 is 0 Å². The summed E-state index contributed by atoms with van der Waals surface area (Å²) in [5, 5.41) is 9.59. The maximum Gasteiger partial charge on any atom is 0.116 e. The Labute approximate surface area is 95.4 Å². The Morgan fingerprint density at radius 1 is 0.875 bits per heavy atom. The highest BCUT2D eigenvalue weighted by molar-refractivity contribution is 5.81. The van der Waals surface area contributed by atoms with E-state index < -0.39 is 0 Å². The van der Waals surface area contributed by atoms with Crippen molar-refractivity contribution in [3.8, 4) is 16.9 Å². The smallest absolute Gasteiger partial charge is 0.116 e. The van der Waals surface area contributed by atoms with Crippen molar-refractivity contribution < 1.29 is 5.11 Å². The first-order valence-corrected chi connectivity index (χ1v) is 5.54. The lowest BCUT2D eigenvalue weighted by Gasteiger charge is -2.21. The largest absolute Gasteiger partial charge is 0.508 e. The van der Waals surface area contributed by atoms with Crippen LogP contribution in [0, 0.1) is 0 Å². The van der Waals surface area contributed by atoms with Crippen molar-refractivity contribution in [2.45, 2.75) is 19.3 Å². The Morgan fingerprint density at radius 3 is 2.38 bits per heavy atom. The third-order valence-corrected chi connectivity index (χ3v) is 3.57. The number of rotatable bonds is 0. The van der Waals surface area contributed by atoms with Gasteiger partial charge in [0.25, 0.3) is 0 Å². The summed E-state index contributed by atoms with van der Waals surface area (Å²) in [6.07, 6.45) is 0. The SMILES string of the molecule is CC1(C)c2ccccc2-c2cc(O)ccc21. The number of hydrogen-bond acceptors (Lipinski definition) is 1. The van der Waals surface area contributed by atoms with Gasteiger partial charge in [-0.2, -0.15) is 0 Å². The second-order valence-corrected chi connectivity index (χ2v) is 4.90. The third kappa shape index (κ3) is 1.06. The van der Waals surface area contributed by atoms with Crippen molar-refractivity contribution >= 4 is 0 Å². The van der Waals surface area contributed by atoms with Crippen molar-refractivity contribution in [3.63, 3.8) is 0 Å². The van der Waals surface area contributed by atoms with E-state index in [9.17, 15) is 5.11 Å². The van der Waals surface area contributed by atoms with E-state index in [2.05, 4.69) is 32.0 Å². The first-order chi connectivity index (χ1) is 7.60. The molecule has 0 heterocycles. The maximum absolute atomic E-state index is 9.59. The molecule has 16 heavy (non-hydrogen) atoms. The highest BCUT2D eigenvalue weighted by Crippen LogP contribution is 2.49. The molecule has 1 aliphatic rings. The average molecular weight is 210 g/mol. The van der Waals surface area contributed by atoms with Gasteiger partial charge in [-0.3, -0.25) is 0 Å². The number of phenolic OH excluding ortho intramolecular Hbond substituents is 1. The third-order valence-electron chi connectivity index (χ3n) is 3.57. The second-order valence-electron chi connectivity index (χ2n) is 4.90. The Balaban J connectivity index is 2.40. The lowest BCUT2D eigenvalue weighted by Crippen LogP contribution is -2.14. The molecule has 3 rings (SSSR count).